The normalized spacial score (nSPS) is 19.0. The molecule has 2 aromatic heterocycles. The number of pyridine rings is 1. The van der Waals surface area contributed by atoms with Gasteiger partial charge in [-0.05, 0) is 49.7 Å². The minimum Gasteiger partial charge on any atom is -0.475 e. The number of hydrogen-bond donors (Lipinski definition) is 3. The Balaban J connectivity index is 0.000000413. The maximum absolute atomic E-state index is 10.6. The molecule has 2 aliphatic rings. The van der Waals surface area contributed by atoms with Gasteiger partial charge in [-0.25, -0.2) is 14.4 Å². The minimum atomic E-state index is -5.08. The van der Waals surface area contributed by atoms with Gasteiger partial charge in [-0.2, -0.15) is 39.5 Å². The van der Waals surface area contributed by atoms with Crippen molar-refractivity contribution < 1.29 is 74.0 Å². The molecular formula is C26H30F9N3O7S. The van der Waals surface area contributed by atoms with E-state index in [-0.39, 0.29) is 0 Å². The van der Waals surface area contributed by atoms with E-state index in [0.717, 1.165) is 39.3 Å². The third-order valence-corrected chi connectivity index (χ3v) is 7.06. The quantitative estimate of drug-likeness (QED) is 0.371. The number of aliphatic carboxylic acids is 3. The number of aryl methyl sites for hydroxylation is 1. The second kappa shape index (κ2) is 18.0. The summed E-state index contributed by atoms with van der Waals surface area (Å²) in [6, 6.07) is 8.74. The van der Waals surface area contributed by atoms with Crippen LogP contribution in [0.15, 0.2) is 36.7 Å². The molecule has 3 N–H and O–H groups in total. The number of carbonyl (C=O) groups is 3. The van der Waals surface area contributed by atoms with Crippen LogP contribution in [0, 0.1) is 12.8 Å². The van der Waals surface area contributed by atoms with Gasteiger partial charge in [0, 0.05) is 60.8 Å². The van der Waals surface area contributed by atoms with E-state index in [4.69, 9.17) is 34.4 Å². The van der Waals surface area contributed by atoms with Gasteiger partial charge in [0.25, 0.3) is 0 Å². The Morgan fingerprint density at radius 3 is 1.72 bits per heavy atom. The van der Waals surface area contributed by atoms with Crippen molar-refractivity contribution >= 4 is 29.2 Å². The largest absolute Gasteiger partial charge is 0.490 e. The summed E-state index contributed by atoms with van der Waals surface area (Å²) >= 11 is 1.92. The fourth-order valence-corrected chi connectivity index (χ4v) is 4.94. The number of likely N-dealkylation sites (tertiary alicyclic amines) is 1. The summed E-state index contributed by atoms with van der Waals surface area (Å²) in [7, 11) is 0. The molecule has 2 fully saturated rings. The molecule has 4 heterocycles. The van der Waals surface area contributed by atoms with Crippen LogP contribution < -0.4 is 0 Å². The van der Waals surface area contributed by atoms with Crippen LogP contribution in [-0.2, 0) is 32.2 Å². The second-order valence-corrected chi connectivity index (χ2v) is 11.1. The van der Waals surface area contributed by atoms with Gasteiger partial charge in [-0.1, -0.05) is 0 Å². The number of piperidine rings is 1. The van der Waals surface area contributed by atoms with Crippen LogP contribution in [0.1, 0.15) is 21.7 Å². The molecule has 2 atom stereocenters. The Morgan fingerprint density at radius 2 is 1.28 bits per heavy atom. The smallest absolute Gasteiger partial charge is 0.475 e. The molecule has 10 nitrogen and oxygen atoms in total. The first-order valence-electron chi connectivity index (χ1n) is 13.0. The molecule has 20 heteroatoms. The molecule has 46 heavy (non-hydrogen) atoms. The van der Waals surface area contributed by atoms with Crippen molar-refractivity contribution in [1.29, 1.82) is 0 Å². The van der Waals surface area contributed by atoms with Gasteiger partial charge in [-0.15, -0.1) is 11.3 Å². The number of carboxylic acid groups (broad SMARTS) is 3. The highest BCUT2D eigenvalue weighted by Crippen LogP contribution is 2.27. The summed E-state index contributed by atoms with van der Waals surface area (Å²) in [6.07, 6.45) is -9.85. The maximum Gasteiger partial charge on any atom is 0.490 e. The average molecular weight is 700 g/mol. The topological polar surface area (TPSA) is 140 Å². The summed E-state index contributed by atoms with van der Waals surface area (Å²) in [6.45, 7) is 9.55. The van der Waals surface area contributed by atoms with Crippen molar-refractivity contribution in [3.63, 3.8) is 0 Å². The molecule has 0 unspecified atom stereocenters. The van der Waals surface area contributed by atoms with Crippen molar-refractivity contribution in [3.8, 4) is 0 Å². The minimum absolute atomic E-state index is 0.386. The number of thiophene rings is 1. The molecule has 0 radical (unpaired) electrons. The second-order valence-electron chi connectivity index (χ2n) is 9.70. The molecule has 0 amide bonds. The highest BCUT2D eigenvalue weighted by atomic mass is 32.1. The summed E-state index contributed by atoms with van der Waals surface area (Å²) in [4.78, 5) is 38.8. The number of hydrogen-bond acceptors (Lipinski definition) is 8. The number of ether oxygens (including phenoxy) is 1. The summed E-state index contributed by atoms with van der Waals surface area (Å²) in [5.74, 6) is -7.61. The fraction of sp³-hybridized carbons (Fsp3) is 0.538. The molecule has 2 saturated heterocycles. The van der Waals surface area contributed by atoms with Crippen molar-refractivity contribution in [1.82, 2.24) is 14.8 Å². The number of alkyl halides is 9. The van der Waals surface area contributed by atoms with E-state index < -0.39 is 36.4 Å². The zero-order chi connectivity index (χ0) is 35.3. The Bertz CT molecular complexity index is 1180. The van der Waals surface area contributed by atoms with Crippen molar-refractivity contribution in [2.24, 2.45) is 5.92 Å². The molecule has 0 aliphatic carbocycles. The van der Waals surface area contributed by atoms with Crippen molar-refractivity contribution in [2.75, 3.05) is 32.8 Å². The van der Waals surface area contributed by atoms with E-state index in [1.807, 2.05) is 23.7 Å². The number of nitrogens with zero attached hydrogens (tertiary/aromatic N) is 3. The van der Waals surface area contributed by atoms with Crippen LogP contribution in [-0.4, -0.2) is 105 Å². The summed E-state index contributed by atoms with van der Waals surface area (Å²) < 4.78 is 101. The van der Waals surface area contributed by atoms with Crippen LogP contribution in [0.5, 0.6) is 0 Å². The zero-order valence-corrected chi connectivity index (χ0v) is 24.7. The van der Waals surface area contributed by atoms with Gasteiger partial charge in [0.1, 0.15) is 0 Å². The average Bonchev–Trinajstić information content (AvgIpc) is 3.23. The lowest BCUT2D eigenvalue weighted by molar-refractivity contribution is -0.193. The van der Waals surface area contributed by atoms with Crippen LogP contribution >= 0.6 is 11.3 Å². The molecule has 0 aromatic carbocycles. The lowest BCUT2D eigenvalue weighted by atomic mass is 9.93. The maximum atomic E-state index is 10.6. The molecule has 0 spiro atoms. The molecule has 4 rings (SSSR count). The first kappa shape index (κ1) is 40.5. The summed E-state index contributed by atoms with van der Waals surface area (Å²) in [5, 5.41) is 21.4. The number of halogens is 9. The lowest BCUT2D eigenvalue weighted by Crippen LogP contribution is -2.46. The first-order valence-corrected chi connectivity index (χ1v) is 13.8. The van der Waals surface area contributed by atoms with E-state index in [1.165, 1.54) is 28.3 Å². The van der Waals surface area contributed by atoms with Crippen LogP contribution in [0.3, 0.4) is 0 Å². The number of carboxylic acids is 3. The zero-order valence-electron chi connectivity index (χ0n) is 23.9. The molecular weight excluding hydrogens is 669 g/mol. The van der Waals surface area contributed by atoms with Gasteiger partial charge >= 0.3 is 36.4 Å². The van der Waals surface area contributed by atoms with Crippen LogP contribution in [0.4, 0.5) is 39.5 Å². The molecule has 0 bridgehead atoms. The fourth-order valence-electron chi connectivity index (χ4n) is 4.01. The van der Waals surface area contributed by atoms with Gasteiger partial charge in [0.15, 0.2) is 0 Å². The monoisotopic (exact) mass is 699 g/mol. The molecule has 260 valence electrons. The van der Waals surface area contributed by atoms with E-state index in [2.05, 4.69) is 46.0 Å². The van der Waals surface area contributed by atoms with Crippen molar-refractivity contribution in [2.45, 2.75) is 51.1 Å². The number of fused-ring (bicyclic) bond motifs is 1. The molecule has 0 saturated carbocycles. The first-order chi connectivity index (χ1) is 21.1. The van der Waals surface area contributed by atoms with E-state index in [0.29, 0.717) is 12.0 Å². The summed E-state index contributed by atoms with van der Waals surface area (Å²) in [5.41, 5.74) is 1.35. The van der Waals surface area contributed by atoms with Gasteiger partial charge in [0.2, 0.25) is 0 Å². The predicted molar refractivity (Wildman–Crippen MR) is 143 cm³/mol. The Kier molecular flexibility index (Phi) is 15.9. The highest BCUT2D eigenvalue weighted by Gasteiger charge is 2.39. The van der Waals surface area contributed by atoms with Gasteiger partial charge < -0.3 is 20.1 Å². The predicted octanol–water partition coefficient (Wildman–Crippen LogP) is 5.07. The number of rotatable bonds is 4. The molecule has 2 aliphatic heterocycles. The van der Waals surface area contributed by atoms with E-state index in [9.17, 15) is 39.5 Å². The van der Waals surface area contributed by atoms with E-state index in [1.54, 1.807) is 0 Å². The number of aromatic nitrogens is 1. The molecule has 2 aromatic rings. The third kappa shape index (κ3) is 16.2. The van der Waals surface area contributed by atoms with E-state index >= 15 is 0 Å². The van der Waals surface area contributed by atoms with Crippen LogP contribution in [0.2, 0.25) is 0 Å². The Labute approximate surface area is 260 Å². The van der Waals surface area contributed by atoms with Crippen LogP contribution in [0.25, 0.3) is 0 Å². The van der Waals surface area contributed by atoms with Gasteiger partial charge in [0.05, 0.1) is 12.7 Å². The lowest BCUT2D eigenvalue weighted by Gasteiger charge is -2.37. The Morgan fingerprint density at radius 1 is 0.804 bits per heavy atom. The standard InChI is InChI=1S/C20H27N3OS.3C2HF3O2/c1-16-2-3-19(25-16)14-22-9-6-18-13-23(10-11-24-20(18)15-22)12-17-4-7-21-8-5-17;3*3-2(4,5)1(6)7/h2-5,7-8,18,20H,6,9-15H2,1H3;3*(H,6,7)/t18-,20-;;;/m1.../s1. The Hall–Kier alpha value is -3.49. The van der Waals surface area contributed by atoms with Gasteiger partial charge in [-0.3, -0.25) is 14.8 Å². The highest BCUT2D eigenvalue weighted by molar-refractivity contribution is 7.11. The third-order valence-electron chi connectivity index (χ3n) is 6.07. The SMILES string of the molecule is Cc1ccc(CN2CC[C@@H]3CN(Cc4ccncc4)CCO[C@@H]3C2)s1.O=C(O)C(F)(F)F.O=C(O)C(F)(F)F.O=C(O)C(F)(F)F. The van der Waals surface area contributed by atoms with Crippen molar-refractivity contribution in [3.05, 3.63) is 52.0 Å².